The molecular formula is C16H17N3O4S. The molecule has 0 fully saturated rings. The Hall–Kier alpha value is -2.61. The van der Waals surface area contributed by atoms with E-state index in [0.717, 1.165) is 17.1 Å². The first kappa shape index (κ1) is 16.3. The van der Waals surface area contributed by atoms with E-state index in [-0.39, 0.29) is 12.4 Å². The number of ether oxygens (including phenoxy) is 3. The number of hydrazone groups is 1. The van der Waals surface area contributed by atoms with Gasteiger partial charge >= 0.3 is 5.97 Å². The molecule has 0 unspecified atom stereocenters. The van der Waals surface area contributed by atoms with Gasteiger partial charge in [-0.1, -0.05) is 0 Å². The van der Waals surface area contributed by atoms with Gasteiger partial charge in [-0.2, -0.15) is 5.10 Å². The third-order valence-corrected chi connectivity index (χ3v) is 3.92. The molecule has 1 aliphatic rings. The van der Waals surface area contributed by atoms with Crippen molar-refractivity contribution in [3.63, 3.8) is 0 Å². The van der Waals surface area contributed by atoms with Crippen LogP contribution in [0.1, 0.15) is 18.2 Å². The molecule has 0 amide bonds. The SMILES string of the molecule is CCOC(=O)Cc1csc(NN=Cc2ccc3c(c2)OCCO3)n1. The molecule has 1 N–H and O–H groups in total. The first-order valence-corrected chi connectivity index (χ1v) is 8.41. The molecule has 126 valence electrons. The summed E-state index contributed by atoms with van der Waals surface area (Å²) >= 11 is 1.38. The second-order valence-corrected chi connectivity index (χ2v) is 5.76. The zero-order chi connectivity index (χ0) is 16.8. The van der Waals surface area contributed by atoms with Crippen LogP contribution in [0.3, 0.4) is 0 Å². The molecule has 3 rings (SSSR count). The van der Waals surface area contributed by atoms with E-state index in [4.69, 9.17) is 14.2 Å². The van der Waals surface area contributed by atoms with Crippen molar-refractivity contribution in [2.45, 2.75) is 13.3 Å². The second kappa shape index (κ2) is 7.78. The molecule has 1 aromatic heterocycles. The fraction of sp³-hybridized carbons (Fsp3) is 0.312. The number of anilines is 1. The molecule has 0 radical (unpaired) electrons. The second-order valence-electron chi connectivity index (χ2n) is 4.90. The summed E-state index contributed by atoms with van der Waals surface area (Å²) in [6.07, 6.45) is 1.84. The lowest BCUT2D eigenvalue weighted by Gasteiger charge is -2.18. The number of nitrogens with zero attached hydrogens (tertiary/aromatic N) is 2. The van der Waals surface area contributed by atoms with Crippen molar-refractivity contribution in [2.24, 2.45) is 5.10 Å². The smallest absolute Gasteiger partial charge is 0.311 e. The van der Waals surface area contributed by atoms with E-state index in [1.807, 2.05) is 18.2 Å². The molecule has 7 nitrogen and oxygen atoms in total. The van der Waals surface area contributed by atoms with Crippen molar-refractivity contribution in [1.82, 2.24) is 4.98 Å². The standard InChI is InChI=1S/C16H17N3O4S/c1-2-21-15(20)8-12-10-24-16(18-12)19-17-9-11-3-4-13-14(7-11)23-6-5-22-13/h3-4,7,9-10H,2,5-6,8H2,1H3,(H,18,19). The van der Waals surface area contributed by atoms with Crippen molar-refractivity contribution in [2.75, 3.05) is 25.2 Å². The summed E-state index contributed by atoms with van der Waals surface area (Å²) in [6, 6.07) is 5.62. The first-order chi connectivity index (χ1) is 11.7. The van der Waals surface area contributed by atoms with E-state index in [9.17, 15) is 4.79 Å². The van der Waals surface area contributed by atoms with Crippen LogP contribution in [0.25, 0.3) is 0 Å². The molecule has 1 aromatic carbocycles. The number of carbonyl (C=O) groups excluding carboxylic acids is 1. The lowest BCUT2D eigenvalue weighted by atomic mass is 10.2. The van der Waals surface area contributed by atoms with Crippen LogP contribution in [0, 0.1) is 0 Å². The van der Waals surface area contributed by atoms with Crippen molar-refractivity contribution in [3.8, 4) is 11.5 Å². The van der Waals surface area contributed by atoms with E-state index >= 15 is 0 Å². The maximum Gasteiger partial charge on any atom is 0.311 e. The van der Waals surface area contributed by atoms with Crippen LogP contribution in [0.5, 0.6) is 11.5 Å². The Balaban J connectivity index is 1.56. The van der Waals surface area contributed by atoms with Crippen LogP contribution < -0.4 is 14.9 Å². The van der Waals surface area contributed by atoms with Crippen LogP contribution >= 0.6 is 11.3 Å². The average Bonchev–Trinajstić information content (AvgIpc) is 3.02. The van der Waals surface area contributed by atoms with Crippen molar-refractivity contribution in [1.29, 1.82) is 0 Å². The fourth-order valence-electron chi connectivity index (χ4n) is 2.10. The molecule has 24 heavy (non-hydrogen) atoms. The predicted molar refractivity (Wildman–Crippen MR) is 91.1 cm³/mol. The number of rotatable bonds is 6. The molecule has 1 aliphatic heterocycles. The highest BCUT2D eigenvalue weighted by Gasteiger charge is 2.11. The van der Waals surface area contributed by atoms with Gasteiger partial charge in [0.15, 0.2) is 11.5 Å². The summed E-state index contributed by atoms with van der Waals surface area (Å²) in [5, 5.41) is 6.57. The minimum atomic E-state index is -0.283. The van der Waals surface area contributed by atoms with Gasteiger partial charge in [-0.3, -0.25) is 10.2 Å². The Labute approximate surface area is 143 Å². The van der Waals surface area contributed by atoms with Crippen LogP contribution in [-0.4, -0.2) is 37.0 Å². The summed E-state index contributed by atoms with van der Waals surface area (Å²) in [5.74, 6) is 1.18. The predicted octanol–water partition coefficient (Wildman–Crippen LogP) is 2.47. The highest BCUT2D eigenvalue weighted by Crippen LogP contribution is 2.30. The topological polar surface area (TPSA) is 82.0 Å². The van der Waals surface area contributed by atoms with E-state index < -0.39 is 0 Å². The third-order valence-electron chi connectivity index (χ3n) is 3.12. The van der Waals surface area contributed by atoms with Gasteiger partial charge in [0.05, 0.1) is 24.9 Å². The van der Waals surface area contributed by atoms with E-state index in [0.29, 0.717) is 30.6 Å². The van der Waals surface area contributed by atoms with Gasteiger partial charge in [0, 0.05) is 5.38 Å². The molecule has 2 aromatic rings. The highest BCUT2D eigenvalue weighted by atomic mass is 32.1. The normalized spacial score (nSPS) is 13.0. The van der Waals surface area contributed by atoms with E-state index in [1.54, 1.807) is 18.5 Å². The Morgan fingerprint density at radius 3 is 3.08 bits per heavy atom. The molecule has 0 atom stereocenters. The van der Waals surface area contributed by atoms with Gasteiger partial charge in [0.25, 0.3) is 0 Å². The maximum absolute atomic E-state index is 11.4. The molecule has 0 saturated heterocycles. The van der Waals surface area contributed by atoms with Crippen LogP contribution in [-0.2, 0) is 16.0 Å². The van der Waals surface area contributed by atoms with Gasteiger partial charge in [0.2, 0.25) is 5.13 Å². The Morgan fingerprint density at radius 2 is 2.25 bits per heavy atom. The number of hydrogen-bond donors (Lipinski definition) is 1. The molecular weight excluding hydrogens is 330 g/mol. The van der Waals surface area contributed by atoms with E-state index in [1.165, 1.54) is 11.3 Å². The zero-order valence-corrected chi connectivity index (χ0v) is 14.0. The summed E-state index contributed by atoms with van der Waals surface area (Å²) in [5.41, 5.74) is 4.40. The number of thiazole rings is 1. The van der Waals surface area contributed by atoms with Gasteiger partial charge in [0.1, 0.15) is 13.2 Å². The van der Waals surface area contributed by atoms with Crippen LogP contribution in [0.4, 0.5) is 5.13 Å². The number of fused-ring (bicyclic) bond motifs is 1. The molecule has 0 aliphatic carbocycles. The number of aromatic nitrogens is 1. The average molecular weight is 347 g/mol. The number of hydrogen-bond acceptors (Lipinski definition) is 8. The first-order valence-electron chi connectivity index (χ1n) is 7.53. The maximum atomic E-state index is 11.4. The summed E-state index contributed by atoms with van der Waals surface area (Å²) in [4.78, 5) is 15.7. The Kier molecular flexibility index (Phi) is 5.27. The molecule has 2 heterocycles. The minimum absolute atomic E-state index is 0.165. The van der Waals surface area contributed by atoms with Crippen LogP contribution in [0.2, 0.25) is 0 Å². The fourth-order valence-corrected chi connectivity index (χ4v) is 2.76. The Bertz CT molecular complexity index is 745. The van der Waals surface area contributed by atoms with Gasteiger partial charge in [-0.05, 0) is 30.7 Å². The zero-order valence-electron chi connectivity index (χ0n) is 13.2. The van der Waals surface area contributed by atoms with Gasteiger partial charge in [-0.25, -0.2) is 4.98 Å². The molecule has 0 bridgehead atoms. The van der Waals surface area contributed by atoms with Gasteiger partial charge < -0.3 is 14.2 Å². The quantitative estimate of drug-likeness (QED) is 0.491. The largest absolute Gasteiger partial charge is 0.486 e. The minimum Gasteiger partial charge on any atom is -0.486 e. The Morgan fingerprint density at radius 1 is 1.42 bits per heavy atom. The monoisotopic (exact) mass is 347 g/mol. The summed E-state index contributed by atoms with van der Waals surface area (Å²) in [7, 11) is 0. The highest BCUT2D eigenvalue weighted by molar-refractivity contribution is 7.13. The molecule has 0 saturated carbocycles. The summed E-state index contributed by atoms with van der Waals surface area (Å²) in [6.45, 7) is 3.26. The number of esters is 1. The van der Waals surface area contributed by atoms with Crippen molar-refractivity contribution < 1.29 is 19.0 Å². The van der Waals surface area contributed by atoms with Crippen molar-refractivity contribution in [3.05, 3.63) is 34.8 Å². The third kappa shape index (κ3) is 4.23. The number of nitrogens with one attached hydrogen (secondary N) is 1. The summed E-state index contributed by atoms with van der Waals surface area (Å²) < 4.78 is 15.9. The van der Waals surface area contributed by atoms with Crippen molar-refractivity contribution >= 4 is 28.7 Å². The lowest BCUT2D eigenvalue weighted by Crippen LogP contribution is -2.15. The lowest BCUT2D eigenvalue weighted by molar-refractivity contribution is -0.142. The van der Waals surface area contributed by atoms with E-state index in [2.05, 4.69) is 15.5 Å². The number of carbonyl (C=O) groups is 1. The molecule has 0 spiro atoms. The number of benzene rings is 1. The van der Waals surface area contributed by atoms with Crippen LogP contribution in [0.15, 0.2) is 28.7 Å². The molecule has 8 heteroatoms. The van der Waals surface area contributed by atoms with Gasteiger partial charge in [-0.15, -0.1) is 11.3 Å².